The van der Waals surface area contributed by atoms with Gasteiger partial charge in [-0.25, -0.2) is 0 Å². The molecule has 6 heteroatoms. The summed E-state index contributed by atoms with van der Waals surface area (Å²) >= 11 is 5.45. The molecule has 0 aliphatic heterocycles. The average Bonchev–Trinajstić information content (AvgIpc) is 2.16. The fourth-order valence-electron chi connectivity index (χ4n) is 0.890. The molecule has 14 heavy (non-hydrogen) atoms. The summed E-state index contributed by atoms with van der Waals surface area (Å²) in [7, 11) is 0. The van der Waals surface area contributed by atoms with E-state index in [1.807, 2.05) is 0 Å². The number of oxime groups is 1. The molecule has 0 saturated heterocycles. The third kappa shape index (κ3) is 2.56. The minimum absolute atomic E-state index is 0.108. The first-order chi connectivity index (χ1) is 6.65. The Kier molecular flexibility index (Phi) is 3.64. The Bertz CT molecular complexity index is 344. The number of para-hydroxylation sites is 1. The van der Waals surface area contributed by atoms with Crippen molar-refractivity contribution in [3.8, 4) is 5.75 Å². The van der Waals surface area contributed by atoms with Gasteiger partial charge in [0.15, 0.2) is 5.17 Å². The van der Waals surface area contributed by atoms with Crippen molar-refractivity contribution in [3.63, 3.8) is 0 Å². The second-order valence-corrected chi connectivity index (χ2v) is 2.62. The lowest BCUT2D eigenvalue weighted by molar-refractivity contribution is -0.0499. The van der Waals surface area contributed by atoms with E-state index < -0.39 is 6.61 Å². The number of halogens is 3. The van der Waals surface area contributed by atoms with Crippen molar-refractivity contribution in [1.29, 1.82) is 0 Å². The highest BCUT2D eigenvalue weighted by Gasteiger charge is 2.12. The molecule has 0 aliphatic carbocycles. The summed E-state index contributed by atoms with van der Waals surface area (Å²) in [5, 5.41) is 10.7. The van der Waals surface area contributed by atoms with Gasteiger partial charge in [0.25, 0.3) is 0 Å². The zero-order chi connectivity index (χ0) is 10.6. The Morgan fingerprint density at radius 2 is 2.07 bits per heavy atom. The molecule has 0 spiro atoms. The normalized spacial score (nSPS) is 11.9. The number of hydrogen-bond acceptors (Lipinski definition) is 3. The number of alkyl halides is 2. The van der Waals surface area contributed by atoms with Gasteiger partial charge < -0.3 is 9.94 Å². The first-order valence-corrected chi connectivity index (χ1v) is 3.94. The molecule has 3 nitrogen and oxygen atoms in total. The zero-order valence-corrected chi connectivity index (χ0v) is 7.58. The molecule has 1 aromatic rings. The molecule has 0 aromatic heterocycles. The standard InChI is InChI=1S/C8H6ClF2NO2/c9-7(12-13)5-3-1-2-4-6(5)14-8(10)11/h1-4,8,13H/b12-7+. The Balaban J connectivity index is 3.03. The number of nitrogens with zero attached hydrogens (tertiary/aromatic N) is 1. The summed E-state index contributed by atoms with van der Waals surface area (Å²) in [6.07, 6.45) is 0. The van der Waals surface area contributed by atoms with E-state index in [0.717, 1.165) is 0 Å². The van der Waals surface area contributed by atoms with Crippen LogP contribution in [-0.2, 0) is 0 Å². The van der Waals surface area contributed by atoms with Crippen molar-refractivity contribution in [3.05, 3.63) is 29.8 Å². The van der Waals surface area contributed by atoms with Crippen LogP contribution < -0.4 is 4.74 Å². The van der Waals surface area contributed by atoms with Crippen LogP contribution in [0.15, 0.2) is 29.4 Å². The molecule has 0 bridgehead atoms. The van der Waals surface area contributed by atoms with Crippen molar-refractivity contribution >= 4 is 16.8 Å². The van der Waals surface area contributed by atoms with Crippen molar-refractivity contribution in [1.82, 2.24) is 0 Å². The minimum atomic E-state index is -2.95. The van der Waals surface area contributed by atoms with E-state index in [0.29, 0.717) is 0 Å². The molecule has 1 N–H and O–H groups in total. The Morgan fingerprint density at radius 3 is 2.64 bits per heavy atom. The van der Waals surface area contributed by atoms with Gasteiger partial charge in [0.2, 0.25) is 0 Å². The molecule has 0 radical (unpaired) electrons. The summed E-state index contributed by atoms with van der Waals surface area (Å²) in [5.41, 5.74) is 0.108. The van der Waals surface area contributed by atoms with E-state index in [9.17, 15) is 8.78 Å². The van der Waals surface area contributed by atoms with Crippen LogP contribution in [0.25, 0.3) is 0 Å². The summed E-state index contributed by atoms with van der Waals surface area (Å²) in [6.45, 7) is -2.95. The number of benzene rings is 1. The molecule has 0 fully saturated rings. The van der Waals surface area contributed by atoms with Crippen LogP contribution in [0.4, 0.5) is 8.78 Å². The van der Waals surface area contributed by atoms with Crippen LogP contribution in [0.5, 0.6) is 5.75 Å². The lowest BCUT2D eigenvalue weighted by Crippen LogP contribution is -2.05. The fraction of sp³-hybridized carbons (Fsp3) is 0.125. The fourth-order valence-corrected chi connectivity index (χ4v) is 1.05. The van der Waals surface area contributed by atoms with Gasteiger partial charge in [-0.15, -0.1) is 0 Å². The SMILES string of the molecule is O/N=C(/Cl)c1ccccc1OC(F)F. The second kappa shape index (κ2) is 4.76. The zero-order valence-electron chi connectivity index (χ0n) is 6.82. The maximum absolute atomic E-state index is 11.9. The lowest BCUT2D eigenvalue weighted by Gasteiger charge is -2.07. The third-order valence-corrected chi connectivity index (χ3v) is 1.69. The van der Waals surface area contributed by atoms with Gasteiger partial charge in [0, 0.05) is 0 Å². The topological polar surface area (TPSA) is 41.8 Å². The highest BCUT2D eigenvalue weighted by Crippen LogP contribution is 2.22. The molecule has 0 atom stereocenters. The smallest absolute Gasteiger partial charge is 0.387 e. The van der Waals surface area contributed by atoms with Crippen LogP contribution in [0, 0.1) is 0 Å². The molecule has 0 saturated carbocycles. The van der Waals surface area contributed by atoms with Crippen LogP contribution in [0.1, 0.15) is 5.56 Å². The molecule has 0 amide bonds. The van der Waals surface area contributed by atoms with Crippen molar-refractivity contribution in [2.45, 2.75) is 6.61 Å². The van der Waals surface area contributed by atoms with E-state index >= 15 is 0 Å². The summed E-state index contributed by atoms with van der Waals surface area (Å²) in [5.74, 6) is -0.134. The largest absolute Gasteiger partial charge is 0.434 e. The number of ether oxygens (including phenoxy) is 1. The van der Waals surface area contributed by atoms with E-state index in [1.54, 1.807) is 6.07 Å². The summed E-state index contributed by atoms with van der Waals surface area (Å²) in [4.78, 5) is 0. The molecule has 76 valence electrons. The minimum Gasteiger partial charge on any atom is -0.434 e. The highest BCUT2D eigenvalue weighted by molar-refractivity contribution is 6.69. The molecular weight excluding hydrogens is 216 g/mol. The molecule has 0 heterocycles. The monoisotopic (exact) mass is 221 g/mol. The van der Waals surface area contributed by atoms with Crippen LogP contribution in [0.3, 0.4) is 0 Å². The molecule has 1 rings (SSSR count). The van der Waals surface area contributed by atoms with Gasteiger partial charge in [-0.1, -0.05) is 28.9 Å². The second-order valence-electron chi connectivity index (χ2n) is 2.27. The van der Waals surface area contributed by atoms with E-state index in [2.05, 4.69) is 9.89 Å². The predicted octanol–water partition coefficient (Wildman–Crippen LogP) is 2.66. The lowest BCUT2D eigenvalue weighted by atomic mass is 10.2. The van der Waals surface area contributed by atoms with Crippen molar-refractivity contribution in [2.24, 2.45) is 5.16 Å². The average molecular weight is 222 g/mol. The predicted molar refractivity (Wildman–Crippen MR) is 47.3 cm³/mol. The Morgan fingerprint density at radius 1 is 1.43 bits per heavy atom. The van der Waals surface area contributed by atoms with Gasteiger partial charge in [-0.2, -0.15) is 8.78 Å². The van der Waals surface area contributed by atoms with Crippen LogP contribution in [-0.4, -0.2) is 17.0 Å². The van der Waals surface area contributed by atoms with Gasteiger partial charge in [-0.3, -0.25) is 0 Å². The molecule has 0 aliphatic rings. The Labute approximate surface area is 83.6 Å². The first-order valence-electron chi connectivity index (χ1n) is 3.57. The van der Waals surface area contributed by atoms with Crippen molar-refractivity contribution in [2.75, 3.05) is 0 Å². The quantitative estimate of drug-likeness (QED) is 0.484. The van der Waals surface area contributed by atoms with Gasteiger partial charge in [0.1, 0.15) is 5.75 Å². The maximum Gasteiger partial charge on any atom is 0.387 e. The molecule has 0 unspecified atom stereocenters. The highest BCUT2D eigenvalue weighted by atomic mass is 35.5. The van der Waals surface area contributed by atoms with E-state index in [1.165, 1.54) is 18.2 Å². The number of hydrogen-bond donors (Lipinski definition) is 1. The Hall–Kier alpha value is -1.36. The molecule has 1 aromatic carbocycles. The van der Waals surface area contributed by atoms with Crippen LogP contribution in [0.2, 0.25) is 0 Å². The number of rotatable bonds is 3. The van der Waals surface area contributed by atoms with E-state index in [-0.39, 0.29) is 16.5 Å². The van der Waals surface area contributed by atoms with Crippen molar-refractivity contribution < 1.29 is 18.7 Å². The maximum atomic E-state index is 11.9. The van der Waals surface area contributed by atoms with E-state index in [4.69, 9.17) is 16.8 Å². The third-order valence-electron chi connectivity index (χ3n) is 1.41. The van der Waals surface area contributed by atoms with Gasteiger partial charge >= 0.3 is 6.61 Å². The van der Waals surface area contributed by atoms with Gasteiger partial charge in [0.05, 0.1) is 5.56 Å². The molecular formula is C8H6ClF2NO2. The van der Waals surface area contributed by atoms with Gasteiger partial charge in [-0.05, 0) is 12.1 Å². The summed E-state index contributed by atoms with van der Waals surface area (Å²) in [6, 6.07) is 5.76. The van der Waals surface area contributed by atoms with Crippen LogP contribution >= 0.6 is 11.6 Å². The summed E-state index contributed by atoms with van der Waals surface area (Å²) < 4.78 is 28.0. The first kappa shape index (κ1) is 10.7.